The van der Waals surface area contributed by atoms with E-state index in [1.165, 1.54) is 6.08 Å². The predicted octanol–water partition coefficient (Wildman–Crippen LogP) is 3.37. The molecule has 4 nitrogen and oxygen atoms in total. The van der Waals surface area contributed by atoms with Crippen molar-refractivity contribution in [2.75, 3.05) is 7.11 Å². The van der Waals surface area contributed by atoms with Gasteiger partial charge in [0.25, 0.3) is 0 Å². The van der Waals surface area contributed by atoms with E-state index in [0.29, 0.717) is 0 Å². The summed E-state index contributed by atoms with van der Waals surface area (Å²) in [5.74, 6) is 1.21. The second-order valence-electron chi connectivity index (χ2n) is 6.20. The second-order valence-corrected chi connectivity index (χ2v) is 6.20. The molecule has 21 heavy (non-hydrogen) atoms. The maximum Gasteiger partial charge on any atom is 0.331 e. The van der Waals surface area contributed by atoms with E-state index in [4.69, 9.17) is 14.2 Å². The number of hydrogen-bond acceptors (Lipinski definition) is 4. The number of carbonyl (C=O) groups excluding carboxylic acids is 1. The fourth-order valence-corrected chi connectivity index (χ4v) is 2.26. The number of hydrogen-bond donors (Lipinski definition) is 0. The highest BCUT2D eigenvalue weighted by molar-refractivity contribution is 5.88. The van der Waals surface area contributed by atoms with Gasteiger partial charge in [0.2, 0.25) is 0 Å². The van der Waals surface area contributed by atoms with Gasteiger partial charge in [0, 0.05) is 23.6 Å². The van der Waals surface area contributed by atoms with Crippen LogP contribution in [0.5, 0.6) is 11.5 Å². The third-order valence-corrected chi connectivity index (χ3v) is 3.05. The molecule has 114 valence electrons. The Morgan fingerprint density at radius 1 is 1.38 bits per heavy atom. The molecule has 0 N–H and O–H groups in total. The lowest BCUT2D eigenvalue weighted by molar-refractivity contribution is -0.148. The van der Waals surface area contributed by atoms with Crippen LogP contribution in [-0.2, 0) is 16.0 Å². The van der Waals surface area contributed by atoms with E-state index in [0.717, 1.165) is 29.0 Å². The van der Waals surface area contributed by atoms with Crippen molar-refractivity contribution in [1.29, 1.82) is 0 Å². The van der Waals surface area contributed by atoms with Crippen molar-refractivity contribution in [3.63, 3.8) is 0 Å². The summed E-state index contributed by atoms with van der Waals surface area (Å²) >= 11 is 0. The average molecular weight is 290 g/mol. The molecular formula is C17H22O4. The van der Waals surface area contributed by atoms with Crippen LogP contribution in [0.1, 0.15) is 38.8 Å². The Kier molecular flexibility index (Phi) is 4.26. The lowest BCUT2D eigenvalue weighted by Crippen LogP contribution is -2.22. The van der Waals surface area contributed by atoms with Crippen LogP contribution in [0, 0.1) is 0 Å². The Morgan fingerprint density at radius 2 is 2.10 bits per heavy atom. The van der Waals surface area contributed by atoms with Gasteiger partial charge in [-0.2, -0.15) is 0 Å². The van der Waals surface area contributed by atoms with Gasteiger partial charge in [-0.1, -0.05) is 0 Å². The maximum absolute atomic E-state index is 11.7. The van der Waals surface area contributed by atoms with Crippen LogP contribution < -0.4 is 9.47 Å². The van der Waals surface area contributed by atoms with Crippen LogP contribution in [0.25, 0.3) is 6.08 Å². The van der Waals surface area contributed by atoms with Crippen molar-refractivity contribution < 1.29 is 19.0 Å². The van der Waals surface area contributed by atoms with E-state index in [2.05, 4.69) is 0 Å². The van der Waals surface area contributed by atoms with Gasteiger partial charge >= 0.3 is 5.97 Å². The normalized spacial score (nSPS) is 17.5. The lowest BCUT2D eigenvalue weighted by Gasteiger charge is -2.18. The first-order chi connectivity index (χ1) is 9.78. The van der Waals surface area contributed by atoms with Crippen LogP contribution in [0.15, 0.2) is 18.2 Å². The van der Waals surface area contributed by atoms with Crippen LogP contribution in [0.2, 0.25) is 0 Å². The topological polar surface area (TPSA) is 44.8 Å². The van der Waals surface area contributed by atoms with Crippen LogP contribution in [0.4, 0.5) is 0 Å². The van der Waals surface area contributed by atoms with Gasteiger partial charge in [0.05, 0.1) is 7.11 Å². The summed E-state index contributed by atoms with van der Waals surface area (Å²) in [7, 11) is 1.62. The van der Waals surface area contributed by atoms with E-state index in [1.807, 2.05) is 39.8 Å². The summed E-state index contributed by atoms with van der Waals surface area (Å²) in [5, 5.41) is 0. The number of methoxy groups -OCH3 is 1. The number of fused-ring (bicyclic) bond motifs is 1. The number of esters is 1. The Balaban J connectivity index is 2.20. The summed E-state index contributed by atoms with van der Waals surface area (Å²) in [6.07, 6.45) is 4.16. The molecule has 0 radical (unpaired) electrons. The Morgan fingerprint density at radius 3 is 2.71 bits per heavy atom. The van der Waals surface area contributed by atoms with Gasteiger partial charge in [0.15, 0.2) is 0 Å². The smallest absolute Gasteiger partial charge is 0.331 e. The van der Waals surface area contributed by atoms with Crippen LogP contribution in [0.3, 0.4) is 0 Å². The van der Waals surface area contributed by atoms with E-state index >= 15 is 0 Å². The molecule has 1 aromatic carbocycles. The van der Waals surface area contributed by atoms with Gasteiger partial charge in [-0.3, -0.25) is 0 Å². The third-order valence-electron chi connectivity index (χ3n) is 3.05. The monoisotopic (exact) mass is 290 g/mol. The average Bonchev–Trinajstić information content (AvgIpc) is 2.72. The minimum absolute atomic E-state index is 0.176. The Bertz CT molecular complexity index is 567. The third kappa shape index (κ3) is 4.00. The van der Waals surface area contributed by atoms with Gasteiger partial charge in [-0.05, 0) is 45.9 Å². The van der Waals surface area contributed by atoms with E-state index < -0.39 is 5.60 Å². The zero-order chi connectivity index (χ0) is 15.6. The van der Waals surface area contributed by atoms with Gasteiger partial charge in [-0.25, -0.2) is 4.79 Å². The SMILES string of the molecule is COc1cc2c(cc1/C=C/C(=O)OC(C)(C)C)OC(C)C2. The van der Waals surface area contributed by atoms with Crippen molar-refractivity contribution in [3.05, 3.63) is 29.3 Å². The zero-order valence-electron chi connectivity index (χ0n) is 13.2. The predicted molar refractivity (Wildman–Crippen MR) is 81.7 cm³/mol. The Hall–Kier alpha value is -1.97. The highest BCUT2D eigenvalue weighted by Gasteiger charge is 2.21. The molecule has 1 aliphatic heterocycles. The fraction of sp³-hybridized carbons (Fsp3) is 0.471. The molecular weight excluding hydrogens is 268 g/mol. The molecule has 0 saturated heterocycles. The minimum atomic E-state index is -0.498. The molecule has 0 spiro atoms. The standard InChI is InChI=1S/C17H22O4/c1-11-8-13-10-14(19-5)12(9-15(13)20-11)6-7-16(18)21-17(2,3)4/h6-7,9-11H,8H2,1-5H3/b7-6+. The van der Waals surface area contributed by atoms with Crippen molar-refractivity contribution in [2.45, 2.75) is 45.8 Å². The molecule has 0 aliphatic carbocycles. The first-order valence-corrected chi connectivity index (χ1v) is 7.07. The summed E-state index contributed by atoms with van der Waals surface area (Å²) in [6, 6.07) is 3.87. The van der Waals surface area contributed by atoms with Crippen molar-refractivity contribution in [3.8, 4) is 11.5 Å². The van der Waals surface area contributed by atoms with E-state index in [1.54, 1.807) is 13.2 Å². The van der Waals surface area contributed by atoms with E-state index in [-0.39, 0.29) is 12.1 Å². The molecule has 0 fully saturated rings. The molecule has 0 bridgehead atoms. The van der Waals surface area contributed by atoms with Gasteiger partial charge in [-0.15, -0.1) is 0 Å². The first-order valence-electron chi connectivity index (χ1n) is 7.07. The Labute approximate surface area is 125 Å². The second kappa shape index (κ2) is 5.80. The van der Waals surface area contributed by atoms with Crippen molar-refractivity contribution in [1.82, 2.24) is 0 Å². The lowest BCUT2D eigenvalue weighted by atomic mass is 10.1. The molecule has 1 heterocycles. The van der Waals surface area contributed by atoms with Crippen molar-refractivity contribution in [2.24, 2.45) is 0 Å². The summed E-state index contributed by atoms with van der Waals surface area (Å²) in [5.41, 5.74) is 1.44. The molecule has 2 rings (SSSR count). The van der Waals surface area contributed by atoms with E-state index in [9.17, 15) is 4.79 Å². The molecule has 1 aliphatic rings. The summed E-state index contributed by atoms with van der Waals surface area (Å²) < 4.78 is 16.4. The number of rotatable bonds is 3. The largest absolute Gasteiger partial charge is 0.496 e. The summed E-state index contributed by atoms with van der Waals surface area (Å²) in [4.78, 5) is 11.7. The molecule has 1 unspecified atom stereocenters. The molecule has 4 heteroatoms. The first kappa shape index (κ1) is 15.4. The fourth-order valence-electron chi connectivity index (χ4n) is 2.26. The maximum atomic E-state index is 11.7. The van der Waals surface area contributed by atoms with Crippen LogP contribution in [-0.4, -0.2) is 24.8 Å². The number of benzene rings is 1. The minimum Gasteiger partial charge on any atom is -0.496 e. The highest BCUT2D eigenvalue weighted by Crippen LogP contribution is 2.35. The summed E-state index contributed by atoms with van der Waals surface area (Å²) in [6.45, 7) is 7.54. The molecule has 0 aromatic heterocycles. The molecule has 1 aromatic rings. The molecule has 0 saturated carbocycles. The number of carbonyl (C=O) groups is 1. The molecule has 0 amide bonds. The van der Waals surface area contributed by atoms with Gasteiger partial charge < -0.3 is 14.2 Å². The van der Waals surface area contributed by atoms with Gasteiger partial charge in [0.1, 0.15) is 23.2 Å². The quantitative estimate of drug-likeness (QED) is 0.632. The van der Waals surface area contributed by atoms with Crippen LogP contribution >= 0.6 is 0 Å². The highest BCUT2D eigenvalue weighted by atomic mass is 16.6. The van der Waals surface area contributed by atoms with Crippen molar-refractivity contribution >= 4 is 12.0 Å². The zero-order valence-corrected chi connectivity index (χ0v) is 13.2. The number of ether oxygens (including phenoxy) is 3. The molecule has 1 atom stereocenters.